The third-order valence-electron chi connectivity index (χ3n) is 1.64. The molecule has 0 spiro atoms. The van der Waals surface area contributed by atoms with Crippen LogP contribution in [0.5, 0.6) is 0 Å². The Kier molecular flexibility index (Phi) is 3.62. The normalized spacial score (nSPS) is 11.5. The Hall–Kier alpha value is -1.62. The summed E-state index contributed by atoms with van der Waals surface area (Å²) in [6.07, 6.45) is 0. The van der Waals surface area contributed by atoms with Crippen LogP contribution in [0.25, 0.3) is 0 Å². The topological polar surface area (TPSA) is 81.5 Å². The molecule has 1 aromatic carbocycles. The summed E-state index contributed by atoms with van der Waals surface area (Å²) in [5, 5.41) is 0. The molecule has 0 bridgehead atoms. The molecule has 4 N–H and O–H groups in total. The second kappa shape index (κ2) is 4.75. The minimum Gasteiger partial charge on any atom is -0.386 e. The van der Waals surface area contributed by atoms with Crippen LogP contribution < -0.4 is 11.5 Å². The lowest BCUT2D eigenvalue weighted by Crippen LogP contribution is -2.16. The van der Waals surface area contributed by atoms with E-state index >= 15 is 0 Å². The maximum Gasteiger partial charge on any atom is 0.253 e. The number of carbonyl (C=O) groups excluding carboxylic acids is 1. The summed E-state index contributed by atoms with van der Waals surface area (Å²) in [5.41, 5.74) is 10.2. The predicted octanol–water partition coefficient (Wildman–Crippen LogP) is 1.15. The van der Waals surface area contributed by atoms with Crippen molar-refractivity contribution in [1.82, 2.24) is 0 Å². The highest BCUT2D eigenvalue weighted by atomic mass is 35.5. The van der Waals surface area contributed by atoms with Crippen LogP contribution in [0.3, 0.4) is 0 Å². The van der Waals surface area contributed by atoms with E-state index in [0.29, 0.717) is 0 Å². The van der Waals surface area contributed by atoms with Gasteiger partial charge in [-0.2, -0.15) is 0 Å². The Balaban J connectivity index is 3.29. The van der Waals surface area contributed by atoms with Crippen LogP contribution in [0.1, 0.15) is 10.4 Å². The summed E-state index contributed by atoms with van der Waals surface area (Å²) >= 11 is 5.41. The number of nitrogens with zero attached hydrogens (tertiary/aromatic N) is 1. The first-order valence-electron chi connectivity index (χ1n) is 4.03. The summed E-state index contributed by atoms with van der Waals surface area (Å²) in [6, 6.07) is 3.96. The van der Waals surface area contributed by atoms with Crippen molar-refractivity contribution in [3.05, 3.63) is 29.6 Å². The van der Waals surface area contributed by atoms with Gasteiger partial charge in [0.25, 0.3) is 5.91 Å². The lowest BCUT2D eigenvalue weighted by Gasteiger charge is -2.03. The van der Waals surface area contributed by atoms with Crippen molar-refractivity contribution in [1.29, 1.82) is 0 Å². The van der Waals surface area contributed by atoms with Crippen LogP contribution >= 0.6 is 11.6 Å². The molecular weight excluding hydrogens is 221 g/mol. The zero-order chi connectivity index (χ0) is 11.4. The second-order valence-electron chi connectivity index (χ2n) is 2.73. The van der Waals surface area contributed by atoms with Crippen LogP contribution in [0, 0.1) is 5.82 Å². The van der Waals surface area contributed by atoms with Gasteiger partial charge in [0.1, 0.15) is 17.2 Å². The number of amidine groups is 1. The molecule has 0 radical (unpaired) electrons. The van der Waals surface area contributed by atoms with E-state index in [1.54, 1.807) is 0 Å². The first-order valence-corrected chi connectivity index (χ1v) is 4.57. The predicted molar refractivity (Wildman–Crippen MR) is 56.9 cm³/mol. The van der Waals surface area contributed by atoms with Crippen molar-refractivity contribution in [3.8, 4) is 0 Å². The molecule has 0 saturated heterocycles. The minimum atomic E-state index is -0.894. The summed E-state index contributed by atoms with van der Waals surface area (Å²) in [5.74, 6) is -1.54. The number of benzene rings is 1. The van der Waals surface area contributed by atoms with Gasteiger partial charge in [-0.05, 0) is 12.1 Å². The molecule has 0 aliphatic heterocycles. The summed E-state index contributed by atoms with van der Waals surface area (Å²) in [4.78, 5) is 14.7. The number of amides is 1. The summed E-state index contributed by atoms with van der Waals surface area (Å²) in [7, 11) is 0. The molecule has 80 valence electrons. The highest BCUT2D eigenvalue weighted by Gasteiger charge is 2.13. The average molecular weight is 230 g/mol. The van der Waals surface area contributed by atoms with Crippen molar-refractivity contribution >= 4 is 29.0 Å². The van der Waals surface area contributed by atoms with Gasteiger partial charge in [0.05, 0.1) is 11.6 Å². The Morgan fingerprint density at radius 3 is 2.67 bits per heavy atom. The van der Waals surface area contributed by atoms with Crippen LogP contribution in [0.15, 0.2) is 23.2 Å². The molecule has 0 saturated carbocycles. The van der Waals surface area contributed by atoms with Crippen molar-refractivity contribution in [3.63, 3.8) is 0 Å². The summed E-state index contributed by atoms with van der Waals surface area (Å²) in [6.45, 7) is 0. The monoisotopic (exact) mass is 229 g/mol. The lowest BCUT2D eigenvalue weighted by atomic mass is 10.1. The van der Waals surface area contributed by atoms with Gasteiger partial charge in [0, 0.05) is 0 Å². The molecule has 15 heavy (non-hydrogen) atoms. The second-order valence-corrected chi connectivity index (χ2v) is 3.00. The molecule has 0 unspecified atom stereocenters. The number of hydrogen-bond donors (Lipinski definition) is 2. The largest absolute Gasteiger partial charge is 0.386 e. The average Bonchev–Trinajstić information content (AvgIpc) is 2.17. The van der Waals surface area contributed by atoms with E-state index < -0.39 is 11.7 Å². The number of rotatable bonds is 3. The van der Waals surface area contributed by atoms with Crippen molar-refractivity contribution in [2.45, 2.75) is 0 Å². The lowest BCUT2D eigenvalue weighted by molar-refractivity contribution is 0.0997. The Morgan fingerprint density at radius 2 is 2.13 bits per heavy atom. The van der Waals surface area contributed by atoms with Gasteiger partial charge in [-0.15, -0.1) is 11.6 Å². The molecule has 0 heterocycles. The molecule has 0 aliphatic rings. The van der Waals surface area contributed by atoms with Crippen molar-refractivity contribution < 1.29 is 9.18 Å². The van der Waals surface area contributed by atoms with Gasteiger partial charge >= 0.3 is 0 Å². The third kappa shape index (κ3) is 2.66. The number of nitrogens with two attached hydrogens (primary N) is 2. The minimum absolute atomic E-state index is 0.00524. The smallest absolute Gasteiger partial charge is 0.253 e. The third-order valence-corrected chi connectivity index (χ3v) is 1.91. The van der Waals surface area contributed by atoms with Gasteiger partial charge in [0.15, 0.2) is 0 Å². The molecule has 0 fully saturated rings. The first kappa shape index (κ1) is 11.5. The Morgan fingerprint density at radius 1 is 1.47 bits per heavy atom. The number of hydrogen-bond acceptors (Lipinski definition) is 2. The number of primary amides is 1. The van der Waals surface area contributed by atoms with E-state index in [-0.39, 0.29) is 23.0 Å². The molecule has 1 rings (SSSR count). The van der Waals surface area contributed by atoms with Gasteiger partial charge in [-0.3, -0.25) is 4.79 Å². The molecule has 4 nitrogen and oxygen atoms in total. The number of alkyl halides is 1. The SMILES string of the molecule is NC(=O)c1c(F)cccc1N=C(N)CCl. The zero-order valence-corrected chi connectivity index (χ0v) is 8.46. The van der Waals surface area contributed by atoms with Crippen LogP contribution in [0.4, 0.5) is 10.1 Å². The number of aliphatic imine (C=N–C) groups is 1. The Bertz CT molecular complexity index is 420. The Labute approximate surface area is 90.7 Å². The molecule has 0 atom stereocenters. The van der Waals surface area contributed by atoms with Crippen LogP contribution in [0.2, 0.25) is 0 Å². The van der Waals surface area contributed by atoms with Gasteiger partial charge in [-0.1, -0.05) is 6.07 Å². The highest BCUT2D eigenvalue weighted by Crippen LogP contribution is 2.21. The van der Waals surface area contributed by atoms with E-state index in [9.17, 15) is 9.18 Å². The van der Waals surface area contributed by atoms with E-state index in [1.807, 2.05) is 0 Å². The molecular formula is C9H9ClFN3O. The number of carbonyl (C=O) groups is 1. The summed E-state index contributed by atoms with van der Waals surface area (Å²) < 4.78 is 13.2. The quantitative estimate of drug-likeness (QED) is 0.463. The fourth-order valence-corrected chi connectivity index (χ4v) is 1.09. The molecule has 1 amide bonds. The van der Waals surface area contributed by atoms with Crippen LogP contribution in [-0.4, -0.2) is 17.6 Å². The van der Waals surface area contributed by atoms with E-state index in [4.69, 9.17) is 23.1 Å². The van der Waals surface area contributed by atoms with Crippen molar-refractivity contribution in [2.24, 2.45) is 16.5 Å². The fraction of sp³-hybridized carbons (Fsp3) is 0.111. The van der Waals surface area contributed by atoms with Gasteiger partial charge in [0.2, 0.25) is 0 Å². The van der Waals surface area contributed by atoms with Gasteiger partial charge < -0.3 is 11.5 Å². The van der Waals surface area contributed by atoms with Crippen LogP contribution in [-0.2, 0) is 0 Å². The molecule has 6 heteroatoms. The van der Waals surface area contributed by atoms with Crippen molar-refractivity contribution in [2.75, 3.05) is 5.88 Å². The standard InChI is InChI=1S/C9H9ClFN3O/c10-4-7(12)14-6-3-1-2-5(11)8(6)9(13)15/h1-3H,4H2,(H2,12,14)(H2,13,15). The highest BCUT2D eigenvalue weighted by molar-refractivity contribution is 6.28. The zero-order valence-electron chi connectivity index (χ0n) is 7.71. The van der Waals surface area contributed by atoms with E-state index in [1.165, 1.54) is 12.1 Å². The van der Waals surface area contributed by atoms with E-state index in [0.717, 1.165) is 6.07 Å². The van der Waals surface area contributed by atoms with E-state index in [2.05, 4.69) is 4.99 Å². The molecule has 0 aliphatic carbocycles. The first-order chi connectivity index (χ1) is 7.06. The fourth-order valence-electron chi connectivity index (χ4n) is 1.03. The molecule has 0 aromatic heterocycles. The maximum absolute atomic E-state index is 13.2. The molecule has 1 aromatic rings. The number of halogens is 2. The maximum atomic E-state index is 13.2. The van der Waals surface area contributed by atoms with Gasteiger partial charge in [-0.25, -0.2) is 9.38 Å².